The first kappa shape index (κ1) is 16.2. The van der Waals surface area contributed by atoms with E-state index in [2.05, 4.69) is 24.8 Å². The molecule has 0 unspecified atom stereocenters. The fourth-order valence-corrected chi connectivity index (χ4v) is 2.32. The van der Waals surface area contributed by atoms with Gasteiger partial charge < -0.3 is 19.8 Å². The van der Waals surface area contributed by atoms with Gasteiger partial charge in [-0.25, -0.2) is 9.97 Å². The van der Waals surface area contributed by atoms with Gasteiger partial charge in [-0.15, -0.1) is 0 Å². The monoisotopic (exact) mass is 306 g/mol. The van der Waals surface area contributed by atoms with Gasteiger partial charge in [-0.1, -0.05) is 13.8 Å². The molecule has 0 atom stereocenters. The van der Waals surface area contributed by atoms with E-state index in [9.17, 15) is 9.59 Å². The second-order valence-electron chi connectivity index (χ2n) is 5.03. The molecule has 3 heterocycles. The lowest BCUT2D eigenvalue weighted by Crippen LogP contribution is -2.46. The molecule has 1 aliphatic rings. The largest absolute Gasteiger partial charge is 0.349 e. The minimum atomic E-state index is -0.373. The normalized spacial score (nSPS) is 15.5. The second-order valence-corrected chi connectivity index (χ2v) is 5.03. The standard InChI is InChI=1S/C12H16N6O2.C2H6/c1-7-13-9-8(11(19)14-7)15-12(20)10(16-9)18-5-3-17(2)4-6-18;1-2/h3-6H2,1-2H3,(H,15,20)(H,13,14,16,19);1-2H3. The van der Waals surface area contributed by atoms with E-state index in [1.807, 2.05) is 25.8 Å². The summed E-state index contributed by atoms with van der Waals surface area (Å²) in [5, 5.41) is 0. The third-order valence-corrected chi connectivity index (χ3v) is 3.47. The van der Waals surface area contributed by atoms with Crippen LogP contribution in [-0.4, -0.2) is 58.1 Å². The highest BCUT2D eigenvalue weighted by Gasteiger charge is 2.19. The van der Waals surface area contributed by atoms with E-state index in [0.717, 1.165) is 26.2 Å². The number of hydrogen-bond donors (Lipinski definition) is 2. The van der Waals surface area contributed by atoms with Crippen molar-refractivity contribution in [2.75, 3.05) is 38.1 Å². The van der Waals surface area contributed by atoms with E-state index >= 15 is 0 Å². The Kier molecular flexibility index (Phi) is 4.92. The number of hydrogen-bond acceptors (Lipinski definition) is 6. The Morgan fingerprint density at radius 2 is 1.59 bits per heavy atom. The average Bonchev–Trinajstić information content (AvgIpc) is 2.50. The molecule has 1 aliphatic heterocycles. The molecule has 3 rings (SSSR count). The Balaban J connectivity index is 0.000000847. The average molecular weight is 306 g/mol. The van der Waals surface area contributed by atoms with E-state index in [0.29, 0.717) is 11.6 Å². The summed E-state index contributed by atoms with van der Waals surface area (Å²) in [7, 11) is 2.04. The summed E-state index contributed by atoms with van der Waals surface area (Å²) in [4.78, 5) is 41.6. The molecule has 2 aromatic heterocycles. The first-order chi connectivity index (χ1) is 10.5. The van der Waals surface area contributed by atoms with E-state index in [-0.39, 0.29) is 22.3 Å². The molecule has 2 N–H and O–H groups in total. The fourth-order valence-electron chi connectivity index (χ4n) is 2.32. The molecule has 0 bridgehead atoms. The number of piperazine rings is 1. The first-order valence-corrected chi connectivity index (χ1v) is 7.49. The molecular formula is C14H22N6O2. The molecule has 8 heteroatoms. The van der Waals surface area contributed by atoms with Crippen molar-refractivity contribution in [3.8, 4) is 0 Å². The van der Waals surface area contributed by atoms with Gasteiger partial charge in [0, 0.05) is 26.2 Å². The molecule has 1 saturated heterocycles. The summed E-state index contributed by atoms with van der Waals surface area (Å²) >= 11 is 0. The van der Waals surface area contributed by atoms with Crippen molar-refractivity contribution in [2.24, 2.45) is 0 Å². The highest BCUT2D eigenvalue weighted by molar-refractivity contribution is 5.70. The summed E-state index contributed by atoms with van der Waals surface area (Å²) in [5.41, 5.74) is -0.321. The molecule has 0 amide bonds. The maximum Gasteiger partial charge on any atom is 0.291 e. The van der Waals surface area contributed by atoms with Crippen molar-refractivity contribution in [3.63, 3.8) is 0 Å². The molecule has 0 saturated carbocycles. The Hall–Kier alpha value is -2.22. The minimum absolute atomic E-state index is 0.124. The van der Waals surface area contributed by atoms with E-state index in [4.69, 9.17) is 0 Å². The Labute approximate surface area is 128 Å². The number of nitrogens with zero attached hydrogens (tertiary/aromatic N) is 4. The van der Waals surface area contributed by atoms with Crippen LogP contribution in [0, 0.1) is 6.92 Å². The van der Waals surface area contributed by atoms with E-state index < -0.39 is 0 Å². The van der Waals surface area contributed by atoms with Gasteiger partial charge in [-0.2, -0.15) is 0 Å². The quantitative estimate of drug-likeness (QED) is 0.775. The Bertz CT molecular complexity index is 758. The van der Waals surface area contributed by atoms with Crippen LogP contribution in [0.1, 0.15) is 19.7 Å². The van der Waals surface area contributed by atoms with Crippen LogP contribution < -0.4 is 16.0 Å². The molecule has 0 aromatic carbocycles. The molecule has 22 heavy (non-hydrogen) atoms. The van der Waals surface area contributed by atoms with Crippen LogP contribution >= 0.6 is 0 Å². The smallest absolute Gasteiger partial charge is 0.291 e. The highest BCUT2D eigenvalue weighted by atomic mass is 16.1. The van der Waals surface area contributed by atoms with Crippen molar-refractivity contribution < 1.29 is 0 Å². The molecule has 0 radical (unpaired) electrons. The SMILES string of the molecule is CC.Cc1nc2nc(N3CCN(C)CC3)c(=O)[nH]c2c(=O)[nH]1. The number of fused-ring (bicyclic) bond motifs is 1. The van der Waals surface area contributed by atoms with Gasteiger partial charge in [0.05, 0.1) is 0 Å². The molecule has 0 aliphatic carbocycles. The Morgan fingerprint density at radius 1 is 0.955 bits per heavy atom. The predicted molar refractivity (Wildman–Crippen MR) is 86.6 cm³/mol. The number of aromatic amines is 2. The van der Waals surface area contributed by atoms with Crippen LogP contribution in [0.3, 0.4) is 0 Å². The van der Waals surface area contributed by atoms with E-state index in [1.165, 1.54) is 0 Å². The Morgan fingerprint density at radius 3 is 2.23 bits per heavy atom. The number of likely N-dealkylation sites (N-methyl/N-ethyl adjacent to an activating group) is 1. The number of H-pyrrole nitrogens is 2. The van der Waals surface area contributed by atoms with Gasteiger partial charge in [0.1, 0.15) is 5.82 Å². The molecule has 0 spiro atoms. The van der Waals surface area contributed by atoms with Crippen LogP contribution in [-0.2, 0) is 0 Å². The molecular weight excluding hydrogens is 284 g/mol. The summed E-state index contributed by atoms with van der Waals surface area (Å²) in [6.45, 7) is 8.91. The second kappa shape index (κ2) is 6.69. The number of aromatic nitrogens is 4. The lowest BCUT2D eigenvalue weighted by molar-refractivity contribution is 0.312. The summed E-state index contributed by atoms with van der Waals surface area (Å²) in [5.74, 6) is 0.814. The zero-order chi connectivity index (χ0) is 16.3. The summed E-state index contributed by atoms with van der Waals surface area (Å²) in [6, 6.07) is 0. The van der Waals surface area contributed by atoms with Crippen molar-refractivity contribution in [2.45, 2.75) is 20.8 Å². The number of nitrogens with one attached hydrogen (secondary N) is 2. The zero-order valence-corrected chi connectivity index (χ0v) is 13.4. The molecule has 120 valence electrons. The predicted octanol–water partition coefficient (Wildman–Crippen LogP) is 0.0928. The number of rotatable bonds is 1. The molecule has 1 fully saturated rings. The van der Waals surface area contributed by atoms with Crippen molar-refractivity contribution in [1.29, 1.82) is 0 Å². The van der Waals surface area contributed by atoms with E-state index in [1.54, 1.807) is 6.92 Å². The van der Waals surface area contributed by atoms with Crippen molar-refractivity contribution in [1.82, 2.24) is 24.8 Å². The summed E-state index contributed by atoms with van der Waals surface area (Å²) < 4.78 is 0. The number of anilines is 1. The van der Waals surface area contributed by atoms with Crippen molar-refractivity contribution in [3.05, 3.63) is 26.5 Å². The third-order valence-electron chi connectivity index (χ3n) is 3.47. The lowest BCUT2D eigenvalue weighted by atomic mass is 10.3. The van der Waals surface area contributed by atoms with Crippen LogP contribution in [0.5, 0.6) is 0 Å². The first-order valence-electron chi connectivity index (χ1n) is 7.49. The van der Waals surface area contributed by atoms with Gasteiger partial charge >= 0.3 is 0 Å². The molecule has 8 nitrogen and oxygen atoms in total. The van der Waals surface area contributed by atoms with Gasteiger partial charge in [0.2, 0.25) is 0 Å². The summed E-state index contributed by atoms with van der Waals surface area (Å²) in [6.07, 6.45) is 0. The maximum absolute atomic E-state index is 12.1. The van der Waals surface area contributed by atoms with Crippen LogP contribution in [0.2, 0.25) is 0 Å². The van der Waals surface area contributed by atoms with Crippen LogP contribution in [0.15, 0.2) is 9.59 Å². The van der Waals surface area contributed by atoms with Gasteiger partial charge in [0.25, 0.3) is 11.1 Å². The zero-order valence-electron chi connectivity index (χ0n) is 13.4. The lowest BCUT2D eigenvalue weighted by Gasteiger charge is -2.32. The van der Waals surface area contributed by atoms with Gasteiger partial charge in [0.15, 0.2) is 17.0 Å². The fraction of sp³-hybridized carbons (Fsp3) is 0.571. The number of aryl methyl sites for hydroxylation is 1. The van der Waals surface area contributed by atoms with Crippen LogP contribution in [0.25, 0.3) is 11.2 Å². The third kappa shape index (κ3) is 3.16. The minimum Gasteiger partial charge on any atom is -0.349 e. The van der Waals surface area contributed by atoms with Crippen LogP contribution in [0.4, 0.5) is 5.82 Å². The molecule has 2 aromatic rings. The highest BCUT2D eigenvalue weighted by Crippen LogP contribution is 2.10. The van der Waals surface area contributed by atoms with Crippen molar-refractivity contribution >= 4 is 17.0 Å². The van der Waals surface area contributed by atoms with Gasteiger partial charge in [-0.3, -0.25) is 9.59 Å². The van der Waals surface area contributed by atoms with Gasteiger partial charge in [-0.05, 0) is 14.0 Å². The maximum atomic E-state index is 12.1. The topological polar surface area (TPSA) is 98.0 Å².